The van der Waals surface area contributed by atoms with Crippen molar-refractivity contribution >= 4 is 22.4 Å². The van der Waals surface area contributed by atoms with Crippen LogP contribution in [0.3, 0.4) is 0 Å². The Labute approximate surface area is 152 Å². The van der Waals surface area contributed by atoms with Crippen LogP contribution in [0, 0.1) is 12.8 Å². The van der Waals surface area contributed by atoms with Crippen molar-refractivity contribution in [3.63, 3.8) is 0 Å². The molecule has 1 atom stereocenters. The Hall–Kier alpha value is -2.92. The molecule has 26 heavy (non-hydrogen) atoms. The molecule has 0 bridgehead atoms. The molecular formula is C21H22N4O. The van der Waals surface area contributed by atoms with Crippen LogP contribution in [-0.2, 0) is 6.42 Å². The number of hydrogen-bond acceptors (Lipinski definition) is 4. The van der Waals surface area contributed by atoms with Gasteiger partial charge in [-0.25, -0.2) is 9.50 Å². The van der Waals surface area contributed by atoms with Crippen molar-refractivity contribution in [3.8, 4) is 0 Å². The van der Waals surface area contributed by atoms with Gasteiger partial charge in [0.2, 0.25) is 0 Å². The van der Waals surface area contributed by atoms with E-state index in [2.05, 4.69) is 28.6 Å². The van der Waals surface area contributed by atoms with E-state index in [1.54, 1.807) is 0 Å². The van der Waals surface area contributed by atoms with Crippen molar-refractivity contribution < 1.29 is 5.11 Å². The fraction of sp³-hybridized carbons (Fsp3) is 0.238. The number of benzene rings is 2. The van der Waals surface area contributed by atoms with Gasteiger partial charge in [-0.15, -0.1) is 0 Å². The van der Waals surface area contributed by atoms with Gasteiger partial charge in [0.25, 0.3) is 0 Å². The standard InChI is InChI=1S/C21H22N4O/c1-15-11-20-23-21(18-9-5-6-10-19(18)25(20)24-15)22-13-17(14-26)12-16-7-3-2-4-8-16/h2-11,17,26H,12-14H2,1H3,(H,22,23). The van der Waals surface area contributed by atoms with E-state index in [-0.39, 0.29) is 12.5 Å². The number of aromatic nitrogens is 3. The second-order valence-electron chi connectivity index (χ2n) is 6.65. The molecule has 2 aromatic heterocycles. The normalized spacial score (nSPS) is 12.5. The van der Waals surface area contributed by atoms with Gasteiger partial charge in [-0.05, 0) is 31.0 Å². The highest BCUT2D eigenvalue weighted by Gasteiger charge is 2.13. The predicted octanol–water partition coefficient (Wildman–Crippen LogP) is 3.45. The van der Waals surface area contributed by atoms with Crippen molar-refractivity contribution in [2.45, 2.75) is 13.3 Å². The van der Waals surface area contributed by atoms with Gasteiger partial charge in [-0.1, -0.05) is 42.5 Å². The average Bonchev–Trinajstić information content (AvgIpc) is 3.06. The molecule has 0 spiro atoms. The third-order valence-electron chi connectivity index (χ3n) is 4.61. The summed E-state index contributed by atoms with van der Waals surface area (Å²) in [4.78, 5) is 4.75. The molecule has 1 unspecified atom stereocenters. The summed E-state index contributed by atoms with van der Waals surface area (Å²) in [6.07, 6.45) is 0.830. The number of nitrogens with one attached hydrogen (secondary N) is 1. The Morgan fingerprint density at radius 2 is 1.85 bits per heavy atom. The molecule has 4 aromatic rings. The topological polar surface area (TPSA) is 62.5 Å². The molecule has 0 aliphatic rings. The molecular weight excluding hydrogens is 324 g/mol. The van der Waals surface area contributed by atoms with E-state index in [0.29, 0.717) is 6.54 Å². The Balaban J connectivity index is 1.61. The minimum absolute atomic E-state index is 0.126. The Morgan fingerprint density at radius 1 is 1.08 bits per heavy atom. The average molecular weight is 346 g/mol. The van der Waals surface area contributed by atoms with Crippen LogP contribution in [0.15, 0.2) is 60.7 Å². The zero-order valence-corrected chi connectivity index (χ0v) is 14.8. The second kappa shape index (κ2) is 7.14. The lowest BCUT2D eigenvalue weighted by molar-refractivity contribution is 0.232. The molecule has 5 heteroatoms. The molecule has 0 saturated heterocycles. The number of aryl methyl sites for hydroxylation is 1. The van der Waals surface area contributed by atoms with Crippen molar-refractivity contribution in [2.24, 2.45) is 5.92 Å². The van der Waals surface area contributed by atoms with Gasteiger partial charge in [-0.2, -0.15) is 5.10 Å². The lowest BCUT2D eigenvalue weighted by Gasteiger charge is -2.17. The fourth-order valence-corrected chi connectivity index (χ4v) is 3.30. The first-order valence-corrected chi connectivity index (χ1v) is 8.88. The van der Waals surface area contributed by atoms with Gasteiger partial charge in [0.1, 0.15) is 5.82 Å². The number of hydrogen-bond donors (Lipinski definition) is 2. The van der Waals surface area contributed by atoms with Crippen molar-refractivity contribution in [1.29, 1.82) is 0 Å². The monoisotopic (exact) mass is 346 g/mol. The van der Waals surface area contributed by atoms with E-state index in [1.807, 2.05) is 53.9 Å². The van der Waals surface area contributed by atoms with E-state index in [4.69, 9.17) is 4.98 Å². The van der Waals surface area contributed by atoms with E-state index in [9.17, 15) is 5.11 Å². The van der Waals surface area contributed by atoms with Crippen molar-refractivity contribution in [3.05, 3.63) is 71.9 Å². The van der Waals surface area contributed by atoms with Crippen LogP contribution in [0.25, 0.3) is 16.6 Å². The van der Waals surface area contributed by atoms with Gasteiger partial charge in [-0.3, -0.25) is 0 Å². The molecule has 0 radical (unpaired) electrons. The summed E-state index contributed by atoms with van der Waals surface area (Å²) < 4.78 is 1.88. The summed E-state index contributed by atoms with van der Waals surface area (Å²) in [5.74, 6) is 0.959. The quantitative estimate of drug-likeness (QED) is 0.561. The van der Waals surface area contributed by atoms with Gasteiger partial charge in [0, 0.05) is 30.5 Å². The first-order chi connectivity index (χ1) is 12.7. The Bertz CT molecular complexity index is 1030. The maximum atomic E-state index is 9.78. The third-order valence-corrected chi connectivity index (χ3v) is 4.61. The van der Waals surface area contributed by atoms with Gasteiger partial charge >= 0.3 is 0 Å². The van der Waals surface area contributed by atoms with Crippen LogP contribution >= 0.6 is 0 Å². The largest absolute Gasteiger partial charge is 0.396 e. The Morgan fingerprint density at radius 3 is 2.65 bits per heavy atom. The number of nitrogens with zero attached hydrogens (tertiary/aromatic N) is 3. The number of para-hydroxylation sites is 1. The van der Waals surface area contributed by atoms with Crippen molar-refractivity contribution in [2.75, 3.05) is 18.5 Å². The van der Waals surface area contributed by atoms with E-state index >= 15 is 0 Å². The fourth-order valence-electron chi connectivity index (χ4n) is 3.30. The van der Waals surface area contributed by atoms with E-state index in [0.717, 1.165) is 34.5 Å². The Kier molecular flexibility index (Phi) is 4.54. The lowest BCUT2D eigenvalue weighted by atomic mass is 10.00. The summed E-state index contributed by atoms with van der Waals surface area (Å²) in [7, 11) is 0. The molecule has 4 rings (SSSR count). The minimum atomic E-state index is 0.126. The predicted molar refractivity (Wildman–Crippen MR) is 104 cm³/mol. The maximum Gasteiger partial charge on any atom is 0.158 e. The van der Waals surface area contributed by atoms with Crippen LogP contribution in [0.4, 0.5) is 5.82 Å². The number of rotatable bonds is 6. The first-order valence-electron chi connectivity index (χ1n) is 8.88. The summed E-state index contributed by atoms with van der Waals surface area (Å²) >= 11 is 0. The first kappa shape index (κ1) is 16.5. The van der Waals surface area contributed by atoms with Gasteiger partial charge in [0.05, 0.1) is 11.2 Å². The maximum absolute atomic E-state index is 9.78. The van der Waals surface area contributed by atoms with Crippen LogP contribution < -0.4 is 5.32 Å². The van der Waals surface area contributed by atoms with Crippen LogP contribution in [0.5, 0.6) is 0 Å². The molecule has 2 N–H and O–H groups in total. The molecule has 0 aliphatic heterocycles. The molecule has 0 aliphatic carbocycles. The molecule has 132 valence electrons. The van der Waals surface area contributed by atoms with E-state index < -0.39 is 0 Å². The van der Waals surface area contributed by atoms with Crippen LogP contribution in [0.1, 0.15) is 11.3 Å². The lowest BCUT2D eigenvalue weighted by Crippen LogP contribution is -2.21. The SMILES string of the molecule is Cc1cc2nc(NCC(CO)Cc3ccccc3)c3ccccc3n2n1. The smallest absolute Gasteiger partial charge is 0.158 e. The summed E-state index contributed by atoms with van der Waals surface area (Å²) in [6.45, 7) is 2.76. The number of aliphatic hydroxyl groups excluding tert-OH is 1. The van der Waals surface area contributed by atoms with Crippen LogP contribution in [0.2, 0.25) is 0 Å². The number of aliphatic hydroxyl groups is 1. The van der Waals surface area contributed by atoms with E-state index in [1.165, 1.54) is 5.56 Å². The zero-order valence-electron chi connectivity index (χ0n) is 14.8. The summed E-state index contributed by atoms with van der Waals surface area (Å²) in [6, 6.07) is 20.3. The van der Waals surface area contributed by atoms with Gasteiger partial charge in [0.15, 0.2) is 5.65 Å². The summed E-state index contributed by atoms with van der Waals surface area (Å²) in [5, 5.41) is 18.8. The molecule has 2 aromatic carbocycles. The second-order valence-corrected chi connectivity index (χ2v) is 6.65. The highest BCUT2D eigenvalue weighted by molar-refractivity contribution is 5.91. The zero-order chi connectivity index (χ0) is 17.9. The molecule has 5 nitrogen and oxygen atoms in total. The minimum Gasteiger partial charge on any atom is -0.396 e. The molecule has 0 fully saturated rings. The highest BCUT2D eigenvalue weighted by Crippen LogP contribution is 2.23. The number of anilines is 1. The number of fused-ring (bicyclic) bond motifs is 3. The molecule has 2 heterocycles. The van der Waals surface area contributed by atoms with Crippen LogP contribution in [-0.4, -0.2) is 32.9 Å². The third kappa shape index (κ3) is 3.26. The highest BCUT2D eigenvalue weighted by atomic mass is 16.3. The van der Waals surface area contributed by atoms with Crippen molar-refractivity contribution in [1.82, 2.24) is 14.6 Å². The van der Waals surface area contributed by atoms with Gasteiger partial charge < -0.3 is 10.4 Å². The molecule has 0 amide bonds. The summed E-state index contributed by atoms with van der Waals surface area (Å²) in [5.41, 5.74) is 4.02. The molecule has 0 saturated carbocycles.